The molecule has 2 aromatic rings. The molecule has 0 fully saturated rings. The molecule has 0 spiro atoms. The molecule has 0 aliphatic carbocycles. The summed E-state index contributed by atoms with van der Waals surface area (Å²) in [5.41, 5.74) is 3.09. The van der Waals surface area contributed by atoms with E-state index >= 15 is 0 Å². The van der Waals surface area contributed by atoms with Crippen molar-refractivity contribution in [2.75, 3.05) is 0 Å². The normalized spacial score (nSPS) is 12.8. The Labute approximate surface area is 146 Å². The van der Waals surface area contributed by atoms with E-state index in [2.05, 4.69) is 13.2 Å². The third kappa shape index (κ3) is 2.98. The van der Waals surface area contributed by atoms with E-state index in [1.54, 1.807) is 42.5 Å². The summed E-state index contributed by atoms with van der Waals surface area (Å²) >= 11 is 0. The smallest absolute Gasteiger partial charge is 0.344 e. The number of rotatable bonds is 4. The summed E-state index contributed by atoms with van der Waals surface area (Å²) in [7, 11) is 0. The van der Waals surface area contributed by atoms with Gasteiger partial charge in [0.1, 0.15) is 0 Å². The van der Waals surface area contributed by atoms with Crippen molar-refractivity contribution in [3.05, 3.63) is 83.5 Å². The number of carbonyl (C=O) groups is 2. The number of allylic oxidation sites excluding steroid dienone is 2. The van der Waals surface area contributed by atoms with Gasteiger partial charge in [-0.3, -0.25) is 0 Å². The van der Waals surface area contributed by atoms with Crippen LogP contribution in [0.3, 0.4) is 0 Å². The van der Waals surface area contributed by atoms with E-state index in [-0.39, 0.29) is 22.6 Å². The molecule has 0 amide bonds. The molecule has 1 aliphatic heterocycles. The number of carbonyl (C=O) groups excluding carboxylic acids is 2. The summed E-state index contributed by atoms with van der Waals surface area (Å²) in [6, 6.07) is 8.18. The predicted octanol–water partition coefficient (Wildman–Crippen LogP) is 4.20. The summed E-state index contributed by atoms with van der Waals surface area (Å²) in [4.78, 5) is 25.1. The molecule has 1 aliphatic rings. The van der Waals surface area contributed by atoms with Crippen LogP contribution in [0.15, 0.2) is 55.6 Å². The van der Waals surface area contributed by atoms with Gasteiger partial charge in [-0.15, -0.1) is 13.2 Å². The molecular formula is C21H18O4. The average Bonchev–Trinajstić information content (AvgIpc) is 2.60. The highest BCUT2D eigenvalue weighted by Crippen LogP contribution is 2.39. The van der Waals surface area contributed by atoms with Crippen molar-refractivity contribution >= 4 is 11.9 Å². The van der Waals surface area contributed by atoms with Gasteiger partial charge in [-0.2, -0.15) is 0 Å². The van der Waals surface area contributed by atoms with Gasteiger partial charge < -0.3 is 9.47 Å². The molecule has 0 unspecified atom stereocenters. The van der Waals surface area contributed by atoms with Gasteiger partial charge in [0.15, 0.2) is 11.5 Å². The van der Waals surface area contributed by atoms with Crippen LogP contribution in [0.2, 0.25) is 0 Å². The standard InChI is InChI=1S/C21H18O4/c1-4-8-14-13(3)12-18-19(15(14)9-5-2)25-21(23)17-11-7-6-10-16(17)20(22)24-18/h4-7,10-12H,1-2,8-9H2,3H3. The molecule has 126 valence electrons. The molecule has 25 heavy (non-hydrogen) atoms. The van der Waals surface area contributed by atoms with Crippen LogP contribution >= 0.6 is 0 Å². The van der Waals surface area contributed by atoms with Gasteiger partial charge in [0.25, 0.3) is 0 Å². The van der Waals surface area contributed by atoms with Gasteiger partial charge in [-0.05, 0) is 49.1 Å². The van der Waals surface area contributed by atoms with Crippen molar-refractivity contribution in [1.29, 1.82) is 0 Å². The van der Waals surface area contributed by atoms with Crippen molar-refractivity contribution in [2.24, 2.45) is 0 Å². The molecular weight excluding hydrogens is 316 g/mol. The highest BCUT2D eigenvalue weighted by molar-refractivity contribution is 6.05. The fraction of sp³-hybridized carbons (Fsp3) is 0.143. The van der Waals surface area contributed by atoms with Gasteiger partial charge >= 0.3 is 11.9 Å². The lowest BCUT2D eigenvalue weighted by molar-refractivity contribution is 0.0646. The summed E-state index contributed by atoms with van der Waals surface area (Å²) < 4.78 is 11.2. The molecule has 3 rings (SSSR count). The number of aryl methyl sites for hydroxylation is 1. The fourth-order valence-electron chi connectivity index (χ4n) is 2.99. The molecule has 0 saturated carbocycles. The zero-order valence-corrected chi connectivity index (χ0v) is 14.0. The highest BCUT2D eigenvalue weighted by Gasteiger charge is 2.28. The van der Waals surface area contributed by atoms with Gasteiger partial charge in [-0.25, -0.2) is 9.59 Å². The van der Waals surface area contributed by atoms with Crippen LogP contribution in [0.25, 0.3) is 0 Å². The summed E-state index contributed by atoms with van der Waals surface area (Å²) in [5, 5.41) is 0. The Morgan fingerprint density at radius 3 is 2.08 bits per heavy atom. The predicted molar refractivity (Wildman–Crippen MR) is 95.3 cm³/mol. The molecule has 0 saturated heterocycles. The van der Waals surface area contributed by atoms with Crippen LogP contribution in [-0.4, -0.2) is 11.9 Å². The van der Waals surface area contributed by atoms with Gasteiger partial charge in [0.2, 0.25) is 0 Å². The van der Waals surface area contributed by atoms with Gasteiger partial charge in [-0.1, -0.05) is 24.3 Å². The van der Waals surface area contributed by atoms with E-state index in [9.17, 15) is 9.59 Å². The topological polar surface area (TPSA) is 52.6 Å². The van der Waals surface area contributed by atoms with Crippen LogP contribution in [0.5, 0.6) is 11.5 Å². The Hall–Kier alpha value is -3.14. The molecule has 4 nitrogen and oxygen atoms in total. The first-order valence-electron chi connectivity index (χ1n) is 7.97. The van der Waals surface area contributed by atoms with Crippen molar-refractivity contribution in [3.63, 3.8) is 0 Å². The molecule has 0 radical (unpaired) electrons. The van der Waals surface area contributed by atoms with Crippen LogP contribution < -0.4 is 9.47 Å². The monoisotopic (exact) mass is 334 g/mol. The number of esters is 2. The first kappa shape index (κ1) is 16.7. The Morgan fingerprint density at radius 2 is 1.48 bits per heavy atom. The molecule has 1 heterocycles. The van der Waals surface area contributed by atoms with Crippen molar-refractivity contribution < 1.29 is 19.1 Å². The first-order valence-corrected chi connectivity index (χ1v) is 7.97. The molecule has 0 aromatic heterocycles. The maximum Gasteiger partial charge on any atom is 0.344 e. The third-order valence-electron chi connectivity index (χ3n) is 4.15. The van der Waals surface area contributed by atoms with Crippen LogP contribution in [-0.2, 0) is 12.8 Å². The Morgan fingerprint density at radius 1 is 0.920 bits per heavy atom. The minimum Gasteiger partial charge on any atom is -0.419 e. The van der Waals surface area contributed by atoms with E-state index in [4.69, 9.17) is 9.47 Å². The maximum absolute atomic E-state index is 12.6. The molecule has 2 aromatic carbocycles. The summed E-state index contributed by atoms with van der Waals surface area (Å²) in [6.07, 6.45) is 4.61. The Bertz CT molecular complexity index is 893. The van der Waals surface area contributed by atoms with Gasteiger partial charge in [0, 0.05) is 5.56 Å². The maximum atomic E-state index is 12.6. The van der Waals surface area contributed by atoms with Crippen molar-refractivity contribution in [2.45, 2.75) is 19.8 Å². The zero-order chi connectivity index (χ0) is 18.0. The fourth-order valence-corrected chi connectivity index (χ4v) is 2.99. The number of fused-ring (bicyclic) bond motifs is 2. The molecule has 0 bridgehead atoms. The van der Waals surface area contributed by atoms with Crippen LogP contribution in [0.1, 0.15) is 37.4 Å². The van der Waals surface area contributed by atoms with E-state index in [0.717, 1.165) is 16.7 Å². The minimum absolute atomic E-state index is 0.188. The quantitative estimate of drug-likeness (QED) is 0.478. The van der Waals surface area contributed by atoms with Gasteiger partial charge in [0.05, 0.1) is 11.1 Å². The van der Waals surface area contributed by atoms with E-state index in [0.29, 0.717) is 12.8 Å². The first-order chi connectivity index (χ1) is 12.1. The second-order valence-corrected chi connectivity index (χ2v) is 5.79. The third-order valence-corrected chi connectivity index (χ3v) is 4.15. The zero-order valence-electron chi connectivity index (χ0n) is 14.0. The molecule has 0 N–H and O–H groups in total. The summed E-state index contributed by atoms with van der Waals surface area (Å²) in [5.74, 6) is -0.633. The highest BCUT2D eigenvalue weighted by atomic mass is 16.6. The number of ether oxygens (including phenoxy) is 2. The van der Waals surface area contributed by atoms with Crippen LogP contribution in [0.4, 0.5) is 0 Å². The summed E-state index contributed by atoms with van der Waals surface area (Å²) in [6.45, 7) is 9.48. The van der Waals surface area contributed by atoms with E-state index in [1.807, 2.05) is 6.92 Å². The van der Waals surface area contributed by atoms with E-state index in [1.165, 1.54) is 0 Å². The minimum atomic E-state index is -0.577. The van der Waals surface area contributed by atoms with Crippen LogP contribution in [0, 0.1) is 6.92 Å². The lowest BCUT2D eigenvalue weighted by Crippen LogP contribution is -2.22. The number of benzene rings is 2. The Kier molecular flexibility index (Phi) is 4.52. The number of hydrogen-bond acceptors (Lipinski definition) is 4. The molecule has 4 heteroatoms. The second-order valence-electron chi connectivity index (χ2n) is 5.79. The van der Waals surface area contributed by atoms with Crippen molar-refractivity contribution in [1.82, 2.24) is 0 Å². The Balaban J connectivity index is 2.22. The van der Waals surface area contributed by atoms with E-state index < -0.39 is 11.9 Å². The molecule has 0 atom stereocenters. The SMILES string of the molecule is C=CCc1c(C)cc2c(c1CC=C)OC(=O)c1ccccc1C(=O)O2. The second kappa shape index (κ2) is 6.77. The lowest BCUT2D eigenvalue weighted by Gasteiger charge is -2.21. The number of hydrogen-bond donors (Lipinski definition) is 0. The largest absolute Gasteiger partial charge is 0.419 e. The lowest BCUT2D eigenvalue weighted by atomic mass is 9.95. The average molecular weight is 334 g/mol. The van der Waals surface area contributed by atoms with Crippen molar-refractivity contribution in [3.8, 4) is 11.5 Å².